The highest BCUT2D eigenvalue weighted by Crippen LogP contribution is 2.29. The highest BCUT2D eigenvalue weighted by atomic mass is 32.2. The van der Waals surface area contributed by atoms with Gasteiger partial charge in [0.25, 0.3) is 0 Å². The van der Waals surface area contributed by atoms with E-state index in [0.29, 0.717) is 5.25 Å². The number of rotatable bonds is 2. The molecule has 2 heterocycles. The van der Waals surface area contributed by atoms with E-state index in [2.05, 4.69) is 64.8 Å². The van der Waals surface area contributed by atoms with Gasteiger partial charge in [0, 0.05) is 36.3 Å². The maximum Gasteiger partial charge on any atom is 0.161 e. The lowest BCUT2D eigenvalue weighted by molar-refractivity contribution is 0.965. The molecule has 1 N–H and O–H groups in total. The van der Waals surface area contributed by atoms with Crippen molar-refractivity contribution in [1.29, 1.82) is 0 Å². The molecule has 3 nitrogen and oxygen atoms in total. The van der Waals surface area contributed by atoms with E-state index in [4.69, 9.17) is 4.99 Å². The van der Waals surface area contributed by atoms with Crippen LogP contribution in [0.25, 0.3) is 0 Å². The van der Waals surface area contributed by atoms with Gasteiger partial charge in [0.1, 0.15) is 0 Å². The van der Waals surface area contributed by atoms with Gasteiger partial charge in [-0.2, -0.15) is 0 Å². The van der Waals surface area contributed by atoms with Crippen molar-refractivity contribution in [3.05, 3.63) is 60.2 Å². The molecule has 2 aliphatic heterocycles. The third-order valence-corrected chi connectivity index (χ3v) is 5.61. The zero-order valence-corrected chi connectivity index (χ0v) is 13.9. The van der Waals surface area contributed by atoms with Crippen LogP contribution in [-0.4, -0.2) is 30.1 Å². The van der Waals surface area contributed by atoms with E-state index in [0.717, 1.165) is 31.2 Å². The summed E-state index contributed by atoms with van der Waals surface area (Å²) in [5.74, 6) is 0. The standard InChI is InChI=1S/C19H21N3S/c1-2-7-16(8-3-1)22-13-11-17(14-22)23-19-20-12-10-15-6-4-5-9-18(15)21-19/h1-9,17H,10-14H2,(H,20,21). The van der Waals surface area contributed by atoms with Gasteiger partial charge in [0.05, 0.1) is 0 Å². The largest absolute Gasteiger partial charge is 0.370 e. The molecule has 2 aliphatic rings. The first kappa shape index (κ1) is 14.6. The Bertz CT molecular complexity index is 699. The van der Waals surface area contributed by atoms with Gasteiger partial charge in [-0.15, -0.1) is 0 Å². The van der Waals surface area contributed by atoms with Crippen molar-refractivity contribution in [2.75, 3.05) is 29.9 Å². The van der Waals surface area contributed by atoms with Gasteiger partial charge in [0.2, 0.25) is 0 Å². The molecule has 4 heteroatoms. The Kier molecular flexibility index (Phi) is 4.24. The number of amidine groups is 1. The van der Waals surface area contributed by atoms with Crippen molar-refractivity contribution in [3.8, 4) is 0 Å². The van der Waals surface area contributed by atoms with Crippen LogP contribution in [0.4, 0.5) is 11.4 Å². The molecule has 2 aromatic rings. The summed E-state index contributed by atoms with van der Waals surface area (Å²) >= 11 is 1.90. The molecular weight excluding hydrogens is 302 g/mol. The molecule has 1 unspecified atom stereocenters. The van der Waals surface area contributed by atoms with Crippen LogP contribution in [0, 0.1) is 0 Å². The van der Waals surface area contributed by atoms with Crippen molar-refractivity contribution < 1.29 is 0 Å². The van der Waals surface area contributed by atoms with Crippen LogP contribution < -0.4 is 10.2 Å². The monoisotopic (exact) mass is 323 g/mol. The number of fused-ring (bicyclic) bond motifs is 1. The number of nitrogens with one attached hydrogen (secondary N) is 1. The lowest BCUT2D eigenvalue weighted by Crippen LogP contribution is -2.21. The Labute approximate surface area is 141 Å². The van der Waals surface area contributed by atoms with Crippen molar-refractivity contribution >= 4 is 28.3 Å². The minimum absolute atomic E-state index is 0.603. The summed E-state index contributed by atoms with van der Waals surface area (Å²) in [4.78, 5) is 7.22. The highest BCUT2D eigenvalue weighted by Gasteiger charge is 2.25. The summed E-state index contributed by atoms with van der Waals surface area (Å²) in [5, 5.41) is 5.22. The molecular formula is C19H21N3S. The zero-order valence-electron chi connectivity index (χ0n) is 13.1. The first-order chi connectivity index (χ1) is 11.4. The Morgan fingerprint density at radius 3 is 2.78 bits per heavy atom. The average Bonchev–Trinajstić information content (AvgIpc) is 2.96. The van der Waals surface area contributed by atoms with Crippen molar-refractivity contribution in [3.63, 3.8) is 0 Å². The molecule has 2 aromatic carbocycles. The summed E-state index contributed by atoms with van der Waals surface area (Å²) in [6.07, 6.45) is 2.23. The second-order valence-corrected chi connectivity index (χ2v) is 7.32. The van der Waals surface area contributed by atoms with Crippen LogP contribution >= 0.6 is 11.8 Å². The molecule has 0 saturated carbocycles. The second-order valence-electron chi connectivity index (χ2n) is 6.03. The van der Waals surface area contributed by atoms with E-state index in [1.807, 2.05) is 11.8 Å². The molecule has 1 saturated heterocycles. The summed E-state index contributed by atoms with van der Waals surface area (Å²) in [5.41, 5.74) is 3.91. The van der Waals surface area contributed by atoms with E-state index in [1.165, 1.54) is 23.4 Å². The quantitative estimate of drug-likeness (QED) is 0.904. The molecule has 0 radical (unpaired) electrons. The van der Waals surface area contributed by atoms with Crippen molar-refractivity contribution in [2.45, 2.75) is 18.1 Å². The normalized spacial score (nSPS) is 20.4. The van der Waals surface area contributed by atoms with Gasteiger partial charge < -0.3 is 10.2 Å². The third kappa shape index (κ3) is 3.37. The lowest BCUT2D eigenvalue weighted by atomic mass is 10.1. The fourth-order valence-electron chi connectivity index (χ4n) is 3.22. The van der Waals surface area contributed by atoms with Gasteiger partial charge in [-0.3, -0.25) is 4.99 Å². The number of nitrogens with zero attached hydrogens (tertiary/aromatic N) is 2. The Hall–Kier alpha value is -1.94. The fourth-order valence-corrected chi connectivity index (χ4v) is 4.34. The van der Waals surface area contributed by atoms with Crippen LogP contribution in [0.2, 0.25) is 0 Å². The van der Waals surface area contributed by atoms with Gasteiger partial charge in [0.15, 0.2) is 5.17 Å². The number of anilines is 2. The van der Waals surface area contributed by atoms with Gasteiger partial charge in [-0.05, 0) is 36.6 Å². The predicted octanol–water partition coefficient (Wildman–Crippen LogP) is 4.02. The number of hydrogen-bond donors (Lipinski definition) is 1. The molecule has 0 aromatic heterocycles. The average molecular weight is 323 g/mol. The molecule has 0 amide bonds. The van der Waals surface area contributed by atoms with Crippen LogP contribution in [0.5, 0.6) is 0 Å². The Morgan fingerprint density at radius 2 is 1.87 bits per heavy atom. The number of hydrogen-bond acceptors (Lipinski definition) is 4. The van der Waals surface area contributed by atoms with E-state index in [1.54, 1.807) is 0 Å². The van der Waals surface area contributed by atoms with E-state index in [9.17, 15) is 0 Å². The van der Waals surface area contributed by atoms with Crippen molar-refractivity contribution in [2.24, 2.45) is 4.99 Å². The molecule has 23 heavy (non-hydrogen) atoms. The third-order valence-electron chi connectivity index (χ3n) is 4.44. The number of para-hydroxylation sites is 2. The molecule has 4 rings (SSSR count). The first-order valence-corrected chi connectivity index (χ1v) is 9.12. The molecule has 0 spiro atoms. The van der Waals surface area contributed by atoms with Gasteiger partial charge in [-0.1, -0.05) is 48.2 Å². The molecule has 0 bridgehead atoms. The summed E-state index contributed by atoms with van der Waals surface area (Å²) in [6, 6.07) is 19.2. The second kappa shape index (κ2) is 6.67. The molecule has 1 atom stereocenters. The van der Waals surface area contributed by atoms with Crippen LogP contribution in [0.3, 0.4) is 0 Å². The highest BCUT2D eigenvalue weighted by molar-refractivity contribution is 8.14. The van der Waals surface area contributed by atoms with Crippen molar-refractivity contribution in [1.82, 2.24) is 0 Å². The van der Waals surface area contributed by atoms with Crippen LogP contribution in [0.15, 0.2) is 59.6 Å². The number of thioether (sulfide) groups is 1. The van der Waals surface area contributed by atoms with E-state index in [-0.39, 0.29) is 0 Å². The predicted molar refractivity (Wildman–Crippen MR) is 101 cm³/mol. The Morgan fingerprint density at radius 1 is 1.04 bits per heavy atom. The van der Waals surface area contributed by atoms with Gasteiger partial charge >= 0.3 is 0 Å². The van der Waals surface area contributed by atoms with Crippen LogP contribution in [-0.2, 0) is 6.42 Å². The molecule has 1 fully saturated rings. The fraction of sp³-hybridized carbons (Fsp3) is 0.316. The summed E-state index contributed by atoms with van der Waals surface area (Å²) in [6.45, 7) is 3.10. The lowest BCUT2D eigenvalue weighted by Gasteiger charge is -2.18. The Balaban J connectivity index is 1.40. The first-order valence-electron chi connectivity index (χ1n) is 8.24. The zero-order chi connectivity index (χ0) is 15.5. The van der Waals surface area contributed by atoms with Crippen LogP contribution in [0.1, 0.15) is 12.0 Å². The molecule has 0 aliphatic carbocycles. The van der Waals surface area contributed by atoms with E-state index < -0.39 is 0 Å². The summed E-state index contributed by atoms with van der Waals surface area (Å²) in [7, 11) is 0. The smallest absolute Gasteiger partial charge is 0.161 e. The minimum atomic E-state index is 0.603. The van der Waals surface area contributed by atoms with E-state index >= 15 is 0 Å². The molecule has 118 valence electrons. The maximum absolute atomic E-state index is 4.75. The SMILES string of the molecule is c1ccc(N2CCC(SC3=NCCc4ccccc4N3)C2)cc1. The summed E-state index contributed by atoms with van der Waals surface area (Å²) < 4.78 is 0. The minimum Gasteiger partial charge on any atom is -0.370 e. The topological polar surface area (TPSA) is 27.6 Å². The maximum atomic E-state index is 4.75. The van der Waals surface area contributed by atoms with Gasteiger partial charge in [-0.25, -0.2) is 0 Å². The number of benzene rings is 2. The number of aliphatic imine (C=N–C) groups is 1.